The first kappa shape index (κ1) is 9.54. The zero-order valence-electron chi connectivity index (χ0n) is 8.60. The molecular formula is C12H11NO2S. The van der Waals surface area contributed by atoms with Crippen LogP contribution in [-0.2, 0) is 6.54 Å². The summed E-state index contributed by atoms with van der Waals surface area (Å²) in [7, 11) is 0. The largest absolute Gasteiger partial charge is 0.454 e. The minimum absolute atomic E-state index is 0.323. The predicted molar refractivity (Wildman–Crippen MR) is 64.2 cm³/mol. The molecule has 0 bridgehead atoms. The van der Waals surface area contributed by atoms with E-state index in [2.05, 4.69) is 22.8 Å². The lowest BCUT2D eigenvalue weighted by atomic mass is 10.3. The van der Waals surface area contributed by atoms with E-state index in [-0.39, 0.29) is 0 Å². The highest BCUT2D eigenvalue weighted by molar-refractivity contribution is 7.09. The van der Waals surface area contributed by atoms with Crippen LogP contribution in [0, 0.1) is 0 Å². The van der Waals surface area contributed by atoms with E-state index < -0.39 is 0 Å². The number of hydrogen-bond acceptors (Lipinski definition) is 4. The van der Waals surface area contributed by atoms with Crippen molar-refractivity contribution in [3.8, 4) is 11.5 Å². The van der Waals surface area contributed by atoms with Crippen LogP contribution in [0.2, 0.25) is 0 Å². The zero-order valence-corrected chi connectivity index (χ0v) is 9.42. The van der Waals surface area contributed by atoms with Crippen molar-refractivity contribution in [3.63, 3.8) is 0 Å². The Hall–Kier alpha value is -1.68. The number of thiophene rings is 1. The first-order chi connectivity index (χ1) is 7.92. The Labute approximate surface area is 97.6 Å². The molecule has 2 heterocycles. The van der Waals surface area contributed by atoms with Gasteiger partial charge >= 0.3 is 0 Å². The van der Waals surface area contributed by atoms with E-state index >= 15 is 0 Å². The monoisotopic (exact) mass is 233 g/mol. The molecule has 1 aromatic carbocycles. The van der Waals surface area contributed by atoms with Crippen LogP contribution in [0.5, 0.6) is 11.5 Å². The van der Waals surface area contributed by atoms with E-state index in [0.29, 0.717) is 6.79 Å². The van der Waals surface area contributed by atoms with Crippen LogP contribution in [0.3, 0.4) is 0 Å². The molecule has 3 rings (SSSR count). The molecule has 3 nitrogen and oxygen atoms in total. The minimum Gasteiger partial charge on any atom is -0.454 e. The molecular weight excluding hydrogens is 222 g/mol. The fourth-order valence-corrected chi connectivity index (χ4v) is 2.25. The summed E-state index contributed by atoms with van der Waals surface area (Å²) >= 11 is 1.75. The van der Waals surface area contributed by atoms with Crippen LogP contribution in [-0.4, -0.2) is 6.79 Å². The zero-order chi connectivity index (χ0) is 10.8. The maximum Gasteiger partial charge on any atom is 0.231 e. The average Bonchev–Trinajstić information content (AvgIpc) is 2.97. The van der Waals surface area contributed by atoms with Gasteiger partial charge in [-0.25, -0.2) is 0 Å². The van der Waals surface area contributed by atoms with E-state index in [1.54, 1.807) is 11.3 Å². The van der Waals surface area contributed by atoms with Crippen molar-refractivity contribution in [3.05, 3.63) is 40.6 Å². The van der Waals surface area contributed by atoms with E-state index in [0.717, 1.165) is 23.7 Å². The van der Waals surface area contributed by atoms with Crippen molar-refractivity contribution < 1.29 is 9.47 Å². The van der Waals surface area contributed by atoms with Gasteiger partial charge in [-0.3, -0.25) is 0 Å². The molecule has 0 aliphatic carbocycles. The third-order valence-corrected chi connectivity index (χ3v) is 3.30. The summed E-state index contributed by atoms with van der Waals surface area (Å²) in [5.74, 6) is 1.64. The normalized spacial score (nSPS) is 12.8. The molecule has 1 aliphatic rings. The Morgan fingerprint density at radius 2 is 2.12 bits per heavy atom. The summed E-state index contributed by atoms with van der Waals surface area (Å²) in [5.41, 5.74) is 1.05. The highest BCUT2D eigenvalue weighted by Crippen LogP contribution is 2.34. The molecule has 0 amide bonds. The van der Waals surface area contributed by atoms with Gasteiger partial charge in [-0.2, -0.15) is 0 Å². The summed E-state index contributed by atoms with van der Waals surface area (Å²) in [6.07, 6.45) is 0. The number of benzene rings is 1. The second-order valence-electron chi connectivity index (χ2n) is 3.50. The molecule has 4 heteroatoms. The van der Waals surface area contributed by atoms with Gasteiger partial charge in [0.05, 0.1) is 0 Å². The summed E-state index contributed by atoms with van der Waals surface area (Å²) < 4.78 is 10.6. The lowest BCUT2D eigenvalue weighted by molar-refractivity contribution is 0.174. The molecule has 1 N–H and O–H groups in total. The number of rotatable bonds is 3. The highest BCUT2D eigenvalue weighted by Gasteiger charge is 2.12. The summed E-state index contributed by atoms with van der Waals surface area (Å²) in [5, 5.41) is 5.43. The van der Waals surface area contributed by atoms with Crippen LogP contribution >= 0.6 is 11.3 Å². The third-order valence-electron chi connectivity index (χ3n) is 2.42. The maximum absolute atomic E-state index is 5.32. The first-order valence-electron chi connectivity index (χ1n) is 5.08. The lowest BCUT2D eigenvalue weighted by Crippen LogP contribution is -1.96. The molecule has 0 fully saturated rings. The first-order valence-corrected chi connectivity index (χ1v) is 5.96. The highest BCUT2D eigenvalue weighted by atomic mass is 32.1. The smallest absolute Gasteiger partial charge is 0.231 e. The lowest BCUT2D eigenvalue weighted by Gasteiger charge is -2.05. The molecule has 0 spiro atoms. The molecule has 16 heavy (non-hydrogen) atoms. The summed E-state index contributed by atoms with van der Waals surface area (Å²) in [4.78, 5) is 1.32. The van der Waals surface area contributed by atoms with Crippen LogP contribution < -0.4 is 14.8 Å². The number of anilines is 1. The van der Waals surface area contributed by atoms with Gasteiger partial charge in [-0.1, -0.05) is 6.07 Å². The quantitative estimate of drug-likeness (QED) is 0.883. The van der Waals surface area contributed by atoms with E-state index in [1.165, 1.54) is 4.88 Å². The number of hydrogen-bond donors (Lipinski definition) is 1. The number of fused-ring (bicyclic) bond motifs is 1. The second kappa shape index (κ2) is 4.06. The van der Waals surface area contributed by atoms with Gasteiger partial charge in [-0.05, 0) is 23.6 Å². The van der Waals surface area contributed by atoms with Crippen LogP contribution in [0.4, 0.5) is 5.69 Å². The Bertz CT molecular complexity index is 482. The van der Waals surface area contributed by atoms with Crippen molar-refractivity contribution >= 4 is 17.0 Å². The Morgan fingerprint density at radius 3 is 3.00 bits per heavy atom. The fourth-order valence-electron chi connectivity index (χ4n) is 1.61. The van der Waals surface area contributed by atoms with Gasteiger partial charge in [0.15, 0.2) is 11.5 Å². The Kier molecular flexibility index (Phi) is 2.42. The molecule has 0 atom stereocenters. The van der Waals surface area contributed by atoms with Crippen LogP contribution in [0.25, 0.3) is 0 Å². The molecule has 2 aromatic rings. The molecule has 0 saturated heterocycles. The molecule has 82 valence electrons. The summed E-state index contributed by atoms with van der Waals surface area (Å²) in [6.45, 7) is 1.17. The van der Waals surface area contributed by atoms with Crippen molar-refractivity contribution in [2.75, 3.05) is 12.1 Å². The van der Waals surface area contributed by atoms with Crippen LogP contribution in [0.1, 0.15) is 4.88 Å². The van der Waals surface area contributed by atoms with Crippen molar-refractivity contribution in [1.29, 1.82) is 0 Å². The number of ether oxygens (including phenoxy) is 2. The molecule has 0 saturated carbocycles. The molecule has 0 unspecified atom stereocenters. The number of nitrogens with one attached hydrogen (secondary N) is 1. The average molecular weight is 233 g/mol. The van der Waals surface area contributed by atoms with Crippen molar-refractivity contribution in [1.82, 2.24) is 0 Å². The van der Waals surface area contributed by atoms with Gasteiger partial charge in [0.1, 0.15) is 0 Å². The predicted octanol–water partition coefficient (Wildman–Crippen LogP) is 3.09. The van der Waals surface area contributed by atoms with E-state index in [9.17, 15) is 0 Å². The third kappa shape index (κ3) is 1.84. The SMILES string of the molecule is c1csc(CNc2ccc3c(c2)OCO3)c1. The summed E-state index contributed by atoms with van der Waals surface area (Å²) in [6, 6.07) is 10.1. The van der Waals surface area contributed by atoms with Gasteiger partial charge in [0.25, 0.3) is 0 Å². The topological polar surface area (TPSA) is 30.5 Å². The fraction of sp³-hybridized carbons (Fsp3) is 0.167. The van der Waals surface area contributed by atoms with E-state index in [4.69, 9.17) is 9.47 Å². The van der Waals surface area contributed by atoms with Gasteiger partial charge in [-0.15, -0.1) is 11.3 Å². The maximum atomic E-state index is 5.32. The van der Waals surface area contributed by atoms with Gasteiger partial charge in [0.2, 0.25) is 6.79 Å². The van der Waals surface area contributed by atoms with Crippen LogP contribution in [0.15, 0.2) is 35.7 Å². The van der Waals surface area contributed by atoms with Crippen molar-refractivity contribution in [2.24, 2.45) is 0 Å². The Morgan fingerprint density at radius 1 is 1.19 bits per heavy atom. The van der Waals surface area contributed by atoms with E-state index in [1.807, 2.05) is 18.2 Å². The minimum atomic E-state index is 0.323. The molecule has 1 aliphatic heterocycles. The second-order valence-corrected chi connectivity index (χ2v) is 4.53. The standard InChI is InChI=1S/C12H11NO2S/c1-2-10(16-5-1)7-13-9-3-4-11-12(6-9)15-8-14-11/h1-6,13H,7-8H2. The van der Waals surface area contributed by atoms with Crippen molar-refractivity contribution in [2.45, 2.75) is 6.54 Å². The van der Waals surface area contributed by atoms with Gasteiger partial charge in [0, 0.05) is 23.2 Å². The molecule has 0 radical (unpaired) electrons. The Balaban J connectivity index is 1.71. The molecule has 1 aromatic heterocycles. The van der Waals surface area contributed by atoms with Gasteiger partial charge < -0.3 is 14.8 Å².